The topological polar surface area (TPSA) is 50.7 Å². The van der Waals surface area contributed by atoms with Crippen LogP contribution < -0.4 is 5.32 Å². The third-order valence-corrected chi connectivity index (χ3v) is 3.42. The van der Waals surface area contributed by atoms with Crippen LogP contribution in [0.5, 0.6) is 0 Å². The maximum atomic E-state index is 4.70. The number of aryl methyl sites for hydroxylation is 1. The second-order valence-corrected chi connectivity index (χ2v) is 4.95. The molecule has 0 spiro atoms. The molecule has 0 radical (unpaired) electrons. The summed E-state index contributed by atoms with van der Waals surface area (Å²) in [4.78, 5) is 13.8. The van der Waals surface area contributed by atoms with E-state index in [-0.39, 0.29) is 0 Å². The van der Waals surface area contributed by atoms with Crippen LogP contribution in [0.25, 0.3) is 22.3 Å². The molecule has 0 bridgehead atoms. The lowest BCUT2D eigenvalue weighted by molar-refractivity contribution is 0.876. The fraction of sp³-hybridized carbons (Fsp3) is 0.235. The highest BCUT2D eigenvalue weighted by molar-refractivity contribution is 5.91. The van der Waals surface area contributed by atoms with E-state index in [0.717, 1.165) is 46.6 Å². The number of fused-ring (bicyclic) bond motifs is 1. The third kappa shape index (κ3) is 2.70. The molecule has 3 aromatic rings. The lowest BCUT2D eigenvalue weighted by Crippen LogP contribution is -2.01. The van der Waals surface area contributed by atoms with E-state index in [1.54, 1.807) is 6.20 Å². The van der Waals surface area contributed by atoms with Crippen LogP contribution in [0.3, 0.4) is 0 Å². The van der Waals surface area contributed by atoms with Crippen molar-refractivity contribution in [3.05, 3.63) is 48.3 Å². The Morgan fingerprint density at radius 1 is 1.10 bits per heavy atom. The van der Waals surface area contributed by atoms with Gasteiger partial charge in [-0.05, 0) is 18.6 Å². The first kappa shape index (κ1) is 13.5. The Morgan fingerprint density at radius 3 is 2.76 bits per heavy atom. The molecule has 0 aliphatic rings. The minimum absolute atomic E-state index is 0.731. The van der Waals surface area contributed by atoms with Crippen LogP contribution in [-0.2, 0) is 6.42 Å². The number of aromatic nitrogens is 3. The Hall–Kier alpha value is -2.49. The van der Waals surface area contributed by atoms with Gasteiger partial charge in [0.15, 0.2) is 5.82 Å². The molecule has 2 aromatic heterocycles. The number of nitrogens with one attached hydrogen (secondary N) is 1. The summed E-state index contributed by atoms with van der Waals surface area (Å²) in [6.45, 7) is 2.15. The first-order valence-electron chi connectivity index (χ1n) is 7.21. The van der Waals surface area contributed by atoms with E-state index >= 15 is 0 Å². The number of para-hydroxylation sites is 1. The number of benzene rings is 1. The largest absolute Gasteiger partial charge is 0.373 e. The molecule has 106 valence electrons. The molecular formula is C17H18N4. The van der Waals surface area contributed by atoms with Gasteiger partial charge in [-0.1, -0.05) is 31.5 Å². The van der Waals surface area contributed by atoms with Crippen molar-refractivity contribution in [1.82, 2.24) is 15.0 Å². The van der Waals surface area contributed by atoms with E-state index < -0.39 is 0 Å². The van der Waals surface area contributed by atoms with Crippen molar-refractivity contribution < 1.29 is 0 Å². The van der Waals surface area contributed by atoms with Crippen LogP contribution in [0.15, 0.2) is 42.6 Å². The average Bonchev–Trinajstić information content (AvgIpc) is 2.54. The molecule has 0 aliphatic heterocycles. The van der Waals surface area contributed by atoms with Crippen LogP contribution in [-0.4, -0.2) is 22.0 Å². The Kier molecular flexibility index (Phi) is 3.77. The molecule has 2 heterocycles. The van der Waals surface area contributed by atoms with Crippen molar-refractivity contribution in [3.8, 4) is 11.4 Å². The summed E-state index contributed by atoms with van der Waals surface area (Å²) < 4.78 is 0. The molecule has 1 N–H and O–H groups in total. The summed E-state index contributed by atoms with van der Waals surface area (Å²) in [5.74, 6) is 1.57. The number of nitrogens with zero attached hydrogens (tertiary/aromatic N) is 3. The van der Waals surface area contributed by atoms with Crippen molar-refractivity contribution in [1.29, 1.82) is 0 Å². The second-order valence-electron chi connectivity index (χ2n) is 4.95. The van der Waals surface area contributed by atoms with Crippen LogP contribution in [0.4, 0.5) is 5.82 Å². The summed E-state index contributed by atoms with van der Waals surface area (Å²) >= 11 is 0. The molecule has 1 aromatic carbocycles. The molecule has 3 rings (SSSR count). The number of hydrogen-bond acceptors (Lipinski definition) is 4. The van der Waals surface area contributed by atoms with Gasteiger partial charge >= 0.3 is 0 Å². The van der Waals surface area contributed by atoms with Crippen molar-refractivity contribution in [2.45, 2.75) is 19.8 Å². The Morgan fingerprint density at radius 2 is 1.95 bits per heavy atom. The predicted molar refractivity (Wildman–Crippen MR) is 86.3 cm³/mol. The molecule has 4 nitrogen and oxygen atoms in total. The minimum Gasteiger partial charge on any atom is -0.373 e. The second kappa shape index (κ2) is 5.87. The zero-order valence-electron chi connectivity index (χ0n) is 12.3. The normalized spacial score (nSPS) is 10.8. The number of hydrogen-bond donors (Lipinski definition) is 1. The van der Waals surface area contributed by atoms with Gasteiger partial charge in [0.1, 0.15) is 5.82 Å². The average molecular weight is 278 g/mol. The standard InChI is InChI=1S/C17H18N4/c1-3-6-13-11-15(18-2)21-17(20-13)14-9-4-7-12-8-5-10-19-16(12)14/h4-5,7-11H,3,6H2,1-2H3,(H,18,20,21). The lowest BCUT2D eigenvalue weighted by atomic mass is 10.1. The minimum atomic E-state index is 0.731. The Balaban J connectivity index is 2.20. The van der Waals surface area contributed by atoms with Crippen molar-refractivity contribution in [2.24, 2.45) is 0 Å². The van der Waals surface area contributed by atoms with Gasteiger partial charge < -0.3 is 5.32 Å². The van der Waals surface area contributed by atoms with Gasteiger partial charge in [0.2, 0.25) is 0 Å². The molecule has 4 heteroatoms. The smallest absolute Gasteiger partial charge is 0.163 e. The number of rotatable bonds is 4. The summed E-state index contributed by atoms with van der Waals surface area (Å²) in [6.07, 6.45) is 3.82. The molecule has 0 amide bonds. The zero-order valence-corrected chi connectivity index (χ0v) is 12.3. The SMILES string of the molecule is CCCc1cc(NC)nc(-c2cccc3cccnc23)n1. The fourth-order valence-electron chi connectivity index (χ4n) is 2.41. The first-order valence-corrected chi connectivity index (χ1v) is 7.21. The Labute approximate surface area is 124 Å². The van der Waals surface area contributed by atoms with Crippen molar-refractivity contribution in [2.75, 3.05) is 12.4 Å². The number of pyridine rings is 1. The predicted octanol–water partition coefficient (Wildman–Crippen LogP) is 3.69. The highest BCUT2D eigenvalue weighted by atomic mass is 15.0. The van der Waals surface area contributed by atoms with E-state index in [9.17, 15) is 0 Å². The van der Waals surface area contributed by atoms with Crippen LogP contribution in [0.2, 0.25) is 0 Å². The summed E-state index contributed by atoms with van der Waals surface area (Å²) in [5, 5.41) is 4.21. The molecule has 0 aliphatic carbocycles. The molecular weight excluding hydrogens is 260 g/mol. The van der Waals surface area contributed by atoms with E-state index in [2.05, 4.69) is 34.3 Å². The molecule has 0 atom stereocenters. The number of anilines is 1. The van der Waals surface area contributed by atoms with Gasteiger partial charge in [-0.3, -0.25) is 4.98 Å². The van der Waals surface area contributed by atoms with Gasteiger partial charge in [-0.15, -0.1) is 0 Å². The maximum Gasteiger partial charge on any atom is 0.163 e. The lowest BCUT2D eigenvalue weighted by Gasteiger charge is -2.09. The van der Waals surface area contributed by atoms with Gasteiger partial charge in [0, 0.05) is 36.0 Å². The van der Waals surface area contributed by atoms with Gasteiger partial charge in [-0.2, -0.15) is 0 Å². The highest BCUT2D eigenvalue weighted by Gasteiger charge is 2.10. The summed E-state index contributed by atoms with van der Waals surface area (Å²) in [5.41, 5.74) is 2.97. The molecule has 0 saturated carbocycles. The molecule has 21 heavy (non-hydrogen) atoms. The first-order chi connectivity index (χ1) is 10.3. The van der Waals surface area contributed by atoms with Gasteiger partial charge in [-0.25, -0.2) is 9.97 Å². The monoisotopic (exact) mass is 278 g/mol. The van der Waals surface area contributed by atoms with E-state index in [1.807, 2.05) is 31.3 Å². The van der Waals surface area contributed by atoms with Crippen molar-refractivity contribution >= 4 is 16.7 Å². The summed E-state index contributed by atoms with van der Waals surface area (Å²) in [6, 6.07) is 12.1. The van der Waals surface area contributed by atoms with Crippen LogP contribution >= 0.6 is 0 Å². The summed E-state index contributed by atoms with van der Waals surface area (Å²) in [7, 11) is 1.88. The van der Waals surface area contributed by atoms with E-state index in [1.165, 1.54) is 0 Å². The zero-order chi connectivity index (χ0) is 14.7. The van der Waals surface area contributed by atoms with Crippen molar-refractivity contribution in [3.63, 3.8) is 0 Å². The Bertz CT molecular complexity index is 762. The van der Waals surface area contributed by atoms with Crippen LogP contribution in [0.1, 0.15) is 19.0 Å². The molecule has 0 unspecified atom stereocenters. The maximum absolute atomic E-state index is 4.70. The fourth-order valence-corrected chi connectivity index (χ4v) is 2.41. The van der Waals surface area contributed by atoms with Gasteiger partial charge in [0.05, 0.1) is 5.52 Å². The van der Waals surface area contributed by atoms with Gasteiger partial charge in [0.25, 0.3) is 0 Å². The van der Waals surface area contributed by atoms with E-state index in [4.69, 9.17) is 4.98 Å². The van der Waals surface area contributed by atoms with Crippen LogP contribution in [0, 0.1) is 0 Å². The quantitative estimate of drug-likeness (QED) is 0.791. The highest BCUT2D eigenvalue weighted by Crippen LogP contribution is 2.25. The third-order valence-electron chi connectivity index (χ3n) is 3.42. The molecule has 0 fully saturated rings. The van der Waals surface area contributed by atoms with E-state index in [0.29, 0.717) is 0 Å². The molecule has 0 saturated heterocycles.